The first kappa shape index (κ1) is 21.3. The maximum Gasteiger partial charge on any atom is 0.291 e. The van der Waals surface area contributed by atoms with Gasteiger partial charge in [0.25, 0.3) is 5.56 Å². The Kier molecular flexibility index (Phi) is 6.24. The highest BCUT2D eigenvalue weighted by atomic mass is 16.5. The number of methoxy groups -OCH3 is 1. The molecule has 0 bridgehead atoms. The Morgan fingerprint density at radius 1 is 1.16 bits per heavy atom. The molecule has 3 heterocycles. The summed E-state index contributed by atoms with van der Waals surface area (Å²) in [5.74, 6) is 1.13. The molecule has 2 aromatic heterocycles. The highest BCUT2D eigenvalue weighted by molar-refractivity contribution is 5.92. The van der Waals surface area contributed by atoms with E-state index in [1.54, 1.807) is 13.2 Å². The monoisotopic (exact) mass is 426 g/mol. The van der Waals surface area contributed by atoms with Crippen molar-refractivity contribution in [1.82, 2.24) is 29.3 Å². The number of benzene rings is 1. The SMILES string of the molecule is CCN1CCN(CCNC(=O)Cn2nc(C)n3c(cc4c(OC)cccc43)c2=O)CC1. The molecule has 9 nitrogen and oxygen atoms in total. The number of amides is 1. The van der Waals surface area contributed by atoms with Gasteiger partial charge in [-0.25, -0.2) is 4.68 Å². The number of likely N-dealkylation sites (N-methyl/N-ethyl adjacent to an activating group) is 1. The topological polar surface area (TPSA) is 84.1 Å². The predicted octanol–water partition coefficient (Wildman–Crippen LogP) is 0.720. The van der Waals surface area contributed by atoms with Gasteiger partial charge in [0.1, 0.15) is 23.6 Å². The second-order valence-electron chi connectivity index (χ2n) is 7.89. The van der Waals surface area contributed by atoms with Crippen LogP contribution in [0.2, 0.25) is 0 Å². The molecule has 1 aromatic carbocycles. The molecule has 1 aliphatic heterocycles. The van der Waals surface area contributed by atoms with E-state index in [0.29, 0.717) is 23.6 Å². The smallest absolute Gasteiger partial charge is 0.291 e. The van der Waals surface area contributed by atoms with Gasteiger partial charge in [-0.05, 0) is 31.7 Å². The van der Waals surface area contributed by atoms with Crippen LogP contribution in [0.15, 0.2) is 29.1 Å². The van der Waals surface area contributed by atoms with Crippen LogP contribution in [0, 0.1) is 6.92 Å². The number of carbonyl (C=O) groups excluding carboxylic acids is 1. The minimum absolute atomic E-state index is 0.0988. The minimum atomic E-state index is -0.297. The fraction of sp³-hybridized carbons (Fsp3) is 0.500. The summed E-state index contributed by atoms with van der Waals surface area (Å²) in [6, 6.07) is 7.47. The van der Waals surface area contributed by atoms with Crippen LogP contribution in [0.1, 0.15) is 12.7 Å². The molecule has 0 unspecified atom stereocenters. The Labute approximate surface area is 181 Å². The number of nitrogens with zero attached hydrogens (tertiary/aromatic N) is 5. The van der Waals surface area contributed by atoms with E-state index in [2.05, 4.69) is 27.1 Å². The van der Waals surface area contributed by atoms with E-state index in [1.165, 1.54) is 4.68 Å². The normalized spacial score (nSPS) is 15.6. The highest BCUT2D eigenvalue weighted by Gasteiger charge is 2.17. The van der Waals surface area contributed by atoms with Crippen LogP contribution >= 0.6 is 0 Å². The van der Waals surface area contributed by atoms with Crippen molar-refractivity contribution in [3.8, 4) is 5.75 Å². The number of ether oxygens (including phenoxy) is 1. The first-order chi connectivity index (χ1) is 15.0. The lowest BCUT2D eigenvalue weighted by atomic mass is 10.2. The molecule has 31 heavy (non-hydrogen) atoms. The maximum absolute atomic E-state index is 13.0. The van der Waals surface area contributed by atoms with Crippen LogP contribution in [0.5, 0.6) is 5.75 Å². The summed E-state index contributed by atoms with van der Waals surface area (Å²) < 4.78 is 8.48. The molecule has 0 aliphatic carbocycles. The largest absolute Gasteiger partial charge is 0.496 e. The molecule has 0 saturated carbocycles. The molecule has 1 N–H and O–H groups in total. The van der Waals surface area contributed by atoms with E-state index < -0.39 is 0 Å². The van der Waals surface area contributed by atoms with Gasteiger partial charge in [0.15, 0.2) is 0 Å². The van der Waals surface area contributed by atoms with E-state index in [-0.39, 0.29) is 18.0 Å². The summed E-state index contributed by atoms with van der Waals surface area (Å²) >= 11 is 0. The average Bonchev–Trinajstić information content (AvgIpc) is 3.18. The molecule has 4 rings (SSSR count). The summed E-state index contributed by atoms with van der Waals surface area (Å²) in [7, 11) is 1.61. The molecule has 1 aliphatic rings. The highest BCUT2D eigenvalue weighted by Crippen LogP contribution is 2.28. The van der Waals surface area contributed by atoms with Crippen LogP contribution in [0.3, 0.4) is 0 Å². The van der Waals surface area contributed by atoms with Crippen LogP contribution < -0.4 is 15.6 Å². The number of piperazine rings is 1. The van der Waals surface area contributed by atoms with Gasteiger partial charge in [0.2, 0.25) is 5.91 Å². The Morgan fingerprint density at radius 3 is 2.61 bits per heavy atom. The van der Waals surface area contributed by atoms with Crippen LogP contribution in [0.25, 0.3) is 16.4 Å². The number of hydrogen-bond acceptors (Lipinski definition) is 6. The summed E-state index contributed by atoms with van der Waals surface area (Å²) in [6.45, 7) is 10.5. The first-order valence-electron chi connectivity index (χ1n) is 10.8. The van der Waals surface area contributed by atoms with Gasteiger partial charge in [0.05, 0.1) is 12.6 Å². The number of hydrogen-bond donors (Lipinski definition) is 1. The van der Waals surface area contributed by atoms with Crippen molar-refractivity contribution in [2.75, 3.05) is 52.9 Å². The molecule has 0 atom stereocenters. The number of nitrogens with one attached hydrogen (secondary N) is 1. The van der Waals surface area contributed by atoms with Crippen molar-refractivity contribution in [2.45, 2.75) is 20.4 Å². The summed E-state index contributed by atoms with van der Waals surface area (Å²) in [5, 5.41) is 8.15. The summed E-state index contributed by atoms with van der Waals surface area (Å²) in [6.07, 6.45) is 0. The number of rotatable bonds is 7. The zero-order chi connectivity index (χ0) is 22.0. The van der Waals surface area contributed by atoms with E-state index >= 15 is 0 Å². The van der Waals surface area contributed by atoms with Gasteiger partial charge in [-0.15, -0.1) is 0 Å². The lowest BCUT2D eigenvalue weighted by Gasteiger charge is -2.33. The van der Waals surface area contributed by atoms with Crippen LogP contribution in [0.4, 0.5) is 0 Å². The quantitative estimate of drug-likeness (QED) is 0.599. The molecular weight excluding hydrogens is 396 g/mol. The lowest BCUT2D eigenvalue weighted by Crippen LogP contribution is -2.48. The number of aryl methyl sites for hydroxylation is 1. The van der Waals surface area contributed by atoms with Gasteiger partial charge < -0.3 is 15.0 Å². The lowest BCUT2D eigenvalue weighted by molar-refractivity contribution is -0.122. The van der Waals surface area contributed by atoms with E-state index in [0.717, 1.165) is 50.2 Å². The zero-order valence-corrected chi connectivity index (χ0v) is 18.4. The molecule has 1 saturated heterocycles. The zero-order valence-electron chi connectivity index (χ0n) is 18.4. The molecular formula is C22H30N6O3. The molecule has 1 amide bonds. The second kappa shape index (κ2) is 9.07. The Morgan fingerprint density at radius 2 is 1.90 bits per heavy atom. The summed E-state index contributed by atoms with van der Waals surface area (Å²) in [5.41, 5.74) is 1.04. The second-order valence-corrected chi connectivity index (χ2v) is 7.89. The summed E-state index contributed by atoms with van der Waals surface area (Å²) in [4.78, 5) is 30.2. The molecule has 3 aromatic rings. The van der Waals surface area contributed by atoms with Crippen molar-refractivity contribution in [1.29, 1.82) is 0 Å². The number of aromatic nitrogens is 3. The number of fused-ring (bicyclic) bond motifs is 3. The fourth-order valence-electron chi connectivity index (χ4n) is 4.27. The Balaban J connectivity index is 1.45. The van der Waals surface area contributed by atoms with Gasteiger partial charge in [-0.2, -0.15) is 5.10 Å². The molecule has 0 radical (unpaired) electrons. The molecule has 0 spiro atoms. The van der Waals surface area contributed by atoms with Gasteiger partial charge in [-0.1, -0.05) is 13.0 Å². The van der Waals surface area contributed by atoms with E-state index in [4.69, 9.17) is 4.74 Å². The van der Waals surface area contributed by atoms with E-state index in [1.807, 2.05) is 29.5 Å². The van der Waals surface area contributed by atoms with Crippen molar-refractivity contribution in [2.24, 2.45) is 0 Å². The van der Waals surface area contributed by atoms with Gasteiger partial charge in [-0.3, -0.25) is 18.9 Å². The van der Waals surface area contributed by atoms with Crippen molar-refractivity contribution in [3.05, 3.63) is 40.4 Å². The Bertz CT molecular complexity index is 1140. The van der Waals surface area contributed by atoms with Crippen LogP contribution in [-0.4, -0.2) is 82.8 Å². The van der Waals surface area contributed by atoms with E-state index in [9.17, 15) is 9.59 Å². The fourth-order valence-corrected chi connectivity index (χ4v) is 4.27. The minimum Gasteiger partial charge on any atom is -0.496 e. The molecule has 166 valence electrons. The van der Waals surface area contributed by atoms with Crippen molar-refractivity contribution >= 4 is 22.3 Å². The predicted molar refractivity (Wildman–Crippen MR) is 120 cm³/mol. The van der Waals surface area contributed by atoms with Gasteiger partial charge >= 0.3 is 0 Å². The van der Waals surface area contributed by atoms with Crippen molar-refractivity contribution < 1.29 is 9.53 Å². The number of carbonyl (C=O) groups is 1. The molecule has 9 heteroatoms. The Hall–Kier alpha value is -2.91. The average molecular weight is 427 g/mol. The van der Waals surface area contributed by atoms with Gasteiger partial charge in [0, 0.05) is 44.7 Å². The maximum atomic E-state index is 13.0. The van der Waals surface area contributed by atoms with Crippen molar-refractivity contribution in [3.63, 3.8) is 0 Å². The third-order valence-electron chi connectivity index (χ3n) is 6.02. The third kappa shape index (κ3) is 4.28. The first-order valence-corrected chi connectivity index (χ1v) is 10.8. The van der Waals surface area contributed by atoms with Crippen LogP contribution in [-0.2, 0) is 11.3 Å². The standard InChI is InChI=1S/C22H30N6O3/c1-4-25-10-12-26(13-11-25)9-8-23-21(29)15-27-22(30)19-14-17-18(28(19)16(2)24-27)6-5-7-20(17)31-3/h5-7,14H,4,8-13,15H2,1-3H3,(H,23,29). The third-order valence-corrected chi connectivity index (χ3v) is 6.02. The molecule has 1 fully saturated rings.